The van der Waals surface area contributed by atoms with Gasteiger partial charge in [-0.3, -0.25) is 19.5 Å². The van der Waals surface area contributed by atoms with Crippen LogP contribution in [0.4, 0.5) is 4.79 Å². The van der Waals surface area contributed by atoms with Gasteiger partial charge in [0.05, 0.1) is 0 Å². The van der Waals surface area contributed by atoms with Gasteiger partial charge < -0.3 is 20.6 Å². The molecule has 4 atom stereocenters. The zero-order valence-corrected chi connectivity index (χ0v) is 18.9. The number of amides is 3. The third kappa shape index (κ3) is 3.90. The lowest BCUT2D eigenvalue weighted by atomic mass is 9.95. The smallest absolute Gasteiger partial charge is 0.341 e. The van der Waals surface area contributed by atoms with Gasteiger partial charge in [-0.1, -0.05) is 30.3 Å². The first-order valence-corrected chi connectivity index (χ1v) is 11.1. The zero-order valence-electron chi connectivity index (χ0n) is 18.1. The Hall–Kier alpha value is -3.54. The van der Waals surface area contributed by atoms with E-state index in [1.165, 1.54) is 22.9 Å². The molecule has 11 nitrogen and oxygen atoms in total. The topological polar surface area (TPSA) is 154 Å². The maximum atomic E-state index is 13.2. The van der Waals surface area contributed by atoms with Gasteiger partial charge in [0.1, 0.15) is 23.5 Å². The summed E-state index contributed by atoms with van der Waals surface area (Å²) < 4.78 is 0.223. The first-order chi connectivity index (χ1) is 15.5. The van der Waals surface area contributed by atoms with E-state index in [0.717, 1.165) is 4.68 Å². The quantitative estimate of drug-likeness (QED) is 0.459. The average Bonchev–Trinajstić information content (AvgIpc) is 3.24. The van der Waals surface area contributed by atoms with Gasteiger partial charge in [0.15, 0.2) is 0 Å². The summed E-state index contributed by atoms with van der Waals surface area (Å²) in [6.45, 7) is 5.03. The van der Waals surface area contributed by atoms with Crippen molar-refractivity contribution in [2.75, 3.05) is 0 Å². The molecule has 0 aliphatic carbocycles. The molecule has 4 rings (SSSR count). The molecule has 3 heterocycles. The van der Waals surface area contributed by atoms with Crippen molar-refractivity contribution >= 4 is 35.6 Å². The van der Waals surface area contributed by atoms with Crippen molar-refractivity contribution in [2.24, 2.45) is 0 Å². The van der Waals surface area contributed by atoms with Gasteiger partial charge in [0, 0.05) is 16.5 Å². The number of hydrogen-bond acceptors (Lipinski definition) is 6. The molecule has 1 aromatic carbocycles. The van der Waals surface area contributed by atoms with E-state index < -0.39 is 57.6 Å². The molecule has 33 heavy (non-hydrogen) atoms. The van der Waals surface area contributed by atoms with Crippen molar-refractivity contribution in [2.45, 2.75) is 49.0 Å². The largest absolute Gasteiger partial charge is 0.480 e. The summed E-state index contributed by atoms with van der Waals surface area (Å²) in [5.74, 6) is -2.21. The Morgan fingerprint density at radius 3 is 2.42 bits per heavy atom. The molecule has 3 amide bonds. The van der Waals surface area contributed by atoms with Gasteiger partial charge >= 0.3 is 12.0 Å². The molecule has 0 saturated carbocycles. The van der Waals surface area contributed by atoms with E-state index >= 15 is 0 Å². The molecule has 12 heteroatoms. The van der Waals surface area contributed by atoms with E-state index in [4.69, 9.17) is 0 Å². The minimum atomic E-state index is -1.15. The Labute approximate surface area is 192 Å². The first-order valence-electron chi connectivity index (χ1n) is 10.2. The number of β-lactam (4-membered cyclic amide) rings is 1. The third-order valence-corrected chi connectivity index (χ3v) is 7.33. The predicted octanol–water partition coefficient (Wildman–Crippen LogP) is 0.416. The zero-order chi connectivity index (χ0) is 24.1. The summed E-state index contributed by atoms with van der Waals surface area (Å²) in [7, 11) is 0. The van der Waals surface area contributed by atoms with Crippen molar-refractivity contribution < 1.29 is 24.3 Å². The molecule has 1 aromatic heterocycles. The number of aromatic nitrogens is 2. The second-order valence-electron chi connectivity index (χ2n) is 8.50. The Morgan fingerprint density at radius 1 is 1.18 bits per heavy atom. The van der Waals surface area contributed by atoms with Crippen LogP contribution in [0.25, 0.3) is 0 Å². The van der Waals surface area contributed by atoms with Crippen molar-refractivity contribution in [1.29, 1.82) is 0 Å². The SMILES string of the molecule is Cc1cn(C(=O)NC(C(=O)N[C@@H]2C(=O)N3[C@@H]2SC(C)(C)[C@@H]3C(=O)O)c2ccccc2)[nH]c1=O. The number of carbonyl (C=O) groups excluding carboxylic acids is 3. The molecule has 2 aliphatic rings. The van der Waals surface area contributed by atoms with Crippen molar-refractivity contribution in [3.8, 4) is 0 Å². The third-order valence-electron chi connectivity index (χ3n) is 5.76. The van der Waals surface area contributed by atoms with Crippen molar-refractivity contribution in [3.05, 3.63) is 58.0 Å². The number of H-pyrrole nitrogens is 1. The van der Waals surface area contributed by atoms with E-state index in [9.17, 15) is 29.1 Å². The highest BCUT2D eigenvalue weighted by Crippen LogP contribution is 2.50. The summed E-state index contributed by atoms with van der Waals surface area (Å²) in [4.78, 5) is 63.2. The number of benzene rings is 1. The molecular weight excluding hydrogens is 450 g/mol. The van der Waals surface area contributed by atoms with E-state index in [1.807, 2.05) is 0 Å². The fraction of sp³-hybridized carbons (Fsp3) is 0.381. The van der Waals surface area contributed by atoms with Gasteiger partial charge in [-0.25, -0.2) is 14.3 Å². The number of aliphatic carboxylic acids is 1. The second kappa shape index (κ2) is 8.10. The summed E-state index contributed by atoms with van der Waals surface area (Å²) in [5, 5.41) is 16.6. The number of hydrogen-bond donors (Lipinski definition) is 4. The van der Waals surface area contributed by atoms with E-state index in [1.54, 1.807) is 51.1 Å². The van der Waals surface area contributed by atoms with Crippen LogP contribution >= 0.6 is 11.8 Å². The Morgan fingerprint density at radius 2 is 1.85 bits per heavy atom. The molecular formula is C21H23N5O6S. The molecule has 2 aromatic rings. The number of fused-ring (bicyclic) bond motifs is 1. The Kier molecular flexibility index (Phi) is 5.56. The molecule has 2 saturated heterocycles. The number of carboxylic acids is 1. The lowest BCUT2D eigenvalue weighted by Gasteiger charge is -2.44. The van der Waals surface area contributed by atoms with Crippen LogP contribution in [0.1, 0.15) is 31.0 Å². The fourth-order valence-corrected chi connectivity index (χ4v) is 5.74. The lowest BCUT2D eigenvalue weighted by Crippen LogP contribution is -2.71. The maximum Gasteiger partial charge on any atom is 0.341 e. The van der Waals surface area contributed by atoms with Crippen LogP contribution in [0.5, 0.6) is 0 Å². The number of aromatic amines is 1. The van der Waals surface area contributed by atoms with Gasteiger partial charge in [0.25, 0.3) is 5.56 Å². The fourth-order valence-electron chi connectivity index (χ4n) is 4.11. The molecule has 4 N–H and O–H groups in total. The van der Waals surface area contributed by atoms with Gasteiger partial charge in [-0.15, -0.1) is 11.8 Å². The predicted molar refractivity (Wildman–Crippen MR) is 119 cm³/mol. The van der Waals surface area contributed by atoms with Crippen LogP contribution in [0.2, 0.25) is 0 Å². The molecule has 0 radical (unpaired) electrons. The van der Waals surface area contributed by atoms with Crippen molar-refractivity contribution in [1.82, 2.24) is 25.3 Å². The number of rotatable bonds is 5. The lowest BCUT2D eigenvalue weighted by molar-refractivity contribution is -0.161. The van der Waals surface area contributed by atoms with Crippen LogP contribution in [0.3, 0.4) is 0 Å². The minimum absolute atomic E-state index is 0.333. The van der Waals surface area contributed by atoms with E-state index in [-0.39, 0.29) is 0 Å². The highest BCUT2D eigenvalue weighted by molar-refractivity contribution is 8.01. The Bertz CT molecular complexity index is 1190. The van der Waals surface area contributed by atoms with Gasteiger partial charge in [-0.2, -0.15) is 0 Å². The minimum Gasteiger partial charge on any atom is -0.480 e. The van der Waals surface area contributed by atoms with Crippen LogP contribution in [0.15, 0.2) is 41.3 Å². The maximum absolute atomic E-state index is 13.2. The number of nitrogens with one attached hydrogen (secondary N) is 3. The van der Waals surface area contributed by atoms with Gasteiger partial charge in [0.2, 0.25) is 11.8 Å². The highest BCUT2D eigenvalue weighted by Gasteiger charge is 2.64. The van der Waals surface area contributed by atoms with Crippen molar-refractivity contribution in [3.63, 3.8) is 0 Å². The molecule has 174 valence electrons. The summed E-state index contributed by atoms with van der Waals surface area (Å²) in [6, 6.07) is 4.67. The monoisotopic (exact) mass is 473 g/mol. The standard InChI is InChI=1S/C21H23N5O6S/c1-10-9-25(24-15(10)27)20(32)23-12(11-7-5-4-6-8-11)16(28)22-13-17(29)26-14(19(30)31)21(2,3)33-18(13)26/h4-9,12-14,18H,1-3H3,(H,22,28)(H,23,32)(H,24,27)(H,30,31)/t12?,13-,14+,18-/m1/s1. The molecule has 0 spiro atoms. The number of nitrogens with zero attached hydrogens (tertiary/aromatic N) is 2. The number of thioether (sulfide) groups is 1. The molecule has 2 aliphatic heterocycles. The number of carbonyl (C=O) groups is 4. The number of carboxylic acid groups (broad SMARTS) is 1. The first kappa shape index (κ1) is 22.6. The normalized spacial score (nSPS) is 23.9. The highest BCUT2D eigenvalue weighted by atomic mass is 32.2. The summed E-state index contributed by atoms with van der Waals surface area (Å²) >= 11 is 1.31. The Balaban J connectivity index is 1.54. The average molecular weight is 474 g/mol. The van der Waals surface area contributed by atoms with Crippen LogP contribution in [-0.4, -0.2) is 65.8 Å². The summed E-state index contributed by atoms with van der Waals surface area (Å²) in [5.41, 5.74) is 0.376. The molecule has 2 fully saturated rings. The van der Waals surface area contributed by atoms with Gasteiger partial charge in [-0.05, 0) is 26.3 Å². The summed E-state index contributed by atoms with van der Waals surface area (Å²) in [6.07, 6.45) is 1.31. The molecule has 1 unspecified atom stereocenters. The molecule has 0 bridgehead atoms. The van der Waals surface area contributed by atoms with Crippen LogP contribution < -0.4 is 16.2 Å². The second-order valence-corrected chi connectivity index (χ2v) is 10.3. The van der Waals surface area contributed by atoms with Crippen LogP contribution in [-0.2, 0) is 14.4 Å². The van der Waals surface area contributed by atoms with E-state index in [0.29, 0.717) is 11.1 Å². The van der Waals surface area contributed by atoms with E-state index in [2.05, 4.69) is 15.7 Å². The van der Waals surface area contributed by atoms with Crippen LogP contribution in [0, 0.1) is 6.92 Å². The number of aryl methyl sites for hydroxylation is 1.